The molecule has 0 amide bonds. The van der Waals surface area contributed by atoms with Crippen molar-refractivity contribution >= 4 is 0 Å². The first kappa shape index (κ1) is 8.92. The van der Waals surface area contributed by atoms with Crippen LogP contribution in [0.3, 0.4) is 0 Å². The maximum atomic E-state index is 10.1. The summed E-state index contributed by atoms with van der Waals surface area (Å²) in [5.41, 5.74) is -0.0122. The fourth-order valence-electron chi connectivity index (χ4n) is 0.390. The van der Waals surface area contributed by atoms with Gasteiger partial charge in [0.1, 0.15) is 6.73 Å². The van der Waals surface area contributed by atoms with Gasteiger partial charge in [-0.15, -0.1) is 0 Å². The Bertz CT molecular complexity index is 79.0. The molecule has 55 valence electrons. The van der Waals surface area contributed by atoms with E-state index >= 15 is 0 Å². The van der Waals surface area contributed by atoms with E-state index in [1.54, 1.807) is 0 Å². The Morgan fingerprint density at radius 2 is 1.89 bits per heavy atom. The van der Waals surface area contributed by atoms with Gasteiger partial charge < -0.3 is 0 Å². The van der Waals surface area contributed by atoms with Crippen molar-refractivity contribution in [3.05, 3.63) is 0 Å². The van der Waals surface area contributed by atoms with Crippen LogP contribution in [0, 0.1) is 5.92 Å². The highest BCUT2D eigenvalue weighted by atomic mass is 16.3. The van der Waals surface area contributed by atoms with Gasteiger partial charge in [-0.3, -0.25) is 5.32 Å². The first-order valence-electron chi connectivity index (χ1n) is 3.34. The summed E-state index contributed by atoms with van der Waals surface area (Å²) in [5.74, 6) is 0.506. The molecule has 9 heavy (non-hydrogen) atoms. The zero-order valence-corrected chi connectivity index (χ0v) is 6.69. The predicted molar refractivity (Wildman–Crippen MR) is 37.6 cm³/mol. The van der Waals surface area contributed by atoms with Crippen LogP contribution in [0.4, 0.5) is 0 Å². The van der Waals surface area contributed by atoms with Crippen LogP contribution in [0.5, 0.6) is 0 Å². The maximum absolute atomic E-state index is 10.1. The monoisotopic (exact) mass is 130 g/mol. The quantitative estimate of drug-likeness (QED) is 0.575. The molecule has 0 unspecified atom stereocenters. The fourth-order valence-corrected chi connectivity index (χ4v) is 0.390. The van der Waals surface area contributed by atoms with Crippen molar-refractivity contribution in [1.82, 2.24) is 5.32 Å². The van der Waals surface area contributed by atoms with E-state index in [1.165, 1.54) is 0 Å². The Hall–Kier alpha value is -0.0800. The second-order valence-electron chi connectivity index (χ2n) is 3.20. The van der Waals surface area contributed by atoms with Crippen LogP contribution in [0.15, 0.2) is 0 Å². The minimum Gasteiger partial charge on any atom is -0.287 e. The minimum absolute atomic E-state index is 0.0122. The molecule has 1 radical (unpaired) electrons. The van der Waals surface area contributed by atoms with Gasteiger partial charge in [-0.05, 0) is 19.8 Å². The lowest BCUT2D eigenvalue weighted by atomic mass is 9.91. The van der Waals surface area contributed by atoms with Crippen LogP contribution in [-0.2, 0) is 5.11 Å². The van der Waals surface area contributed by atoms with Gasteiger partial charge >= 0.3 is 0 Å². The summed E-state index contributed by atoms with van der Waals surface area (Å²) in [5, 5.41) is 13.0. The Morgan fingerprint density at radius 3 is 2.00 bits per heavy atom. The van der Waals surface area contributed by atoms with Crippen molar-refractivity contribution in [2.45, 2.75) is 33.2 Å². The highest BCUT2D eigenvalue weighted by molar-refractivity contribution is 4.78. The van der Waals surface area contributed by atoms with Crippen molar-refractivity contribution in [1.29, 1.82) is 0 Å². The molecule has 0 atom stereocenters. The van der Waals surface area contributed by atoms with Gasteiger partial charge in [0.05, 0.1) is 0 Å². The first-order valence-corrected chi connectivity index (χ1v) is 3.34. The van der Waals surface area contributed by atoms with E-state index in [9.17, 15) is 5.11 Å². The van der Waals surface area contributed by atoms with Gasteiger partial charge in [-0.2, -0.15) is 0 Å². The number of rotatable bonds is 3. The topological polar surface area (TPSA) is 31.9 Å². The largest absolute Gasteiger partial charge is 0.287 e. The molecule has 0 aliphatic carbocycles. The third-order valence-corrected chi connectivity index (χ3v) is 1.97. The highest BCUT2D eigenvalue weighted by Gasteiger charge is 2.20. The molecule has 0 aliphatic heterocycles. The second kappa shape index (κ2) is 3.18. The molecular weight excluding hydrogens is 114 g/mol. The number of hydrogen-bond acceptors (Lipinski definition) is 1. The third-order valence-electron chi connectivity index (χ3n) is 1.97. The molecule has 0 aromatic carbocycles. The van der Waals surface area contributed by atoms with Crippen molar-refractivity contribution in [3.63, 3.8) is 0 Å². The van der Waals surface area contributed by atoms with E-state index < -0.39 is 0 Å². The predicted octanol–water partition coefficient (Wildman–Crippen LogP) is 1.40. The number of nitrogens with one attached hydrogen (secondary N) is 1. The molecule has 0 aromatic heterocycles. The van der Waals surface area contributed by atoms with Crippen LogP contribution < -0.4 is 5.32 Å². The minimum atomic E-state index is -0.189. The Kier molecular flexibility index (Phi) is 3.15. The lowest BCUT2D eigenvalue weighted by Gasteiger charge is -2.29. The first-order chi connectivity index (χ1) is 4.00. The van der Waals surface area contributed by atoms with Gasteiger partial charge in [-0.25, -0.2) is 5.11 Å². The standard InChI is InChI=1S/C7H16NO/c1-6(2)7(3,4)8-5-9/h6,8H,5H2,1-4H3. The van der Waals surface area contributed by atoms with E-state index in [1.807, 2.05) is 13.8 Å². The summed E-state index contributed by atoms with van der Waals surface area (Å²) in [4.78, 5) is 0. The molecule has 0 spiro atoms. The lowest BCUT2D eigenvalue weighted by Crippen LogP contribution is -2.43. The average molecular weight is 130 g/mol. The van der Waals surface area contributed by atoms with E-state index in [-0.39, 0.29) is 12.3 Å². The Morgan fingerprint density at radius 1 is 1.44 bits per heavy atom. The molecule has 2 heteroatoms. The Balaban J connectivity index is 3.70. The van der Waals surface area contributed by atoms with Crippen molar-refractivity contribution in [2.24, 2.45) is 5.92 Å². The molecular formula is C7H16NO. The molecule has 0 saturated heterocycles. The molecule has 0 rings (SSSR count). The number of hydrogen-bond donors (Lipinski definition) is 1. The van der Waals surface area contributed by atoms with E-state index in [0.29, 0.717) is 5.92 Å². The average Bonchev–Trinajstić information content (AvgIpc) is 1.65. The fraction of sp³-hybridized carbons (Fsp3) is 1.00. The molecule has 0 aromatic rings. The molecule has 0 aliphatic rings. The molecule has 0 bridgehead atoms. The van der Waals surface area contributed by atoms with Crippen LogP contribution in [0.2, 0.25) is 0 Å². The van der Waals surface area contributed by atoms with Gasteiger partial charge in [0.2, 0.25) is 0 Å². The SMILES string of the molecule is CC(C)C(C)(C)NC[O]. The van der Waals surface area contributed by atoms with Gasteiger partial charge in [0.15, 0.2) is 0 Å². The smallest absolute Gasteiger partial charge is 0.133 e. The van der Waals surface area contributed by atoms with Gasteiger partial charge in [-0.1, -0.05) is 13.8 Å². The van der Waals surface area contributed by atoms with Crippen LogP contribution in [0.25, 0.3) is 0 Å². The second-order valence-corrected chi connectivity index (χ2v) is 3.20. The normalized spacial score (nSPS) is 12.7. The molecule has 0 heterocycles. The zero-order valence-electron chi connectivity index (χ0n) is 6.69. The van der Waals surface area contributed by atoms with Gasteiger partial charge in [0.25, 0.3) is 0 Å². The van der Waals surface area contributed by atoms with Crippen LogP contribution in [-0.4, -0.2) is 12.3 Å². The summed E-state index contributed by atoms with van der Waals surface area (Å²) in [6.07, 6.45) is 0. The lowest BCUT2D eigenvalue weighted by molar-refractivity contribution is 0.119. The molecule has 0 fully saturated rings. The van der Waals surface area contributed by atoms with Crippen molar-refractivity contribution in [3.8, 4) is 0 Å². The molecule has 1 N–H and O–H groups in total. The van der Waals surface area contributed by atoms with Crippen LogP contribution in [0.1, 0.15) is 27.7 Å². The summed E-state index contributed by atoms with van der Waals surface area (Å²) in [7, 11) is 0. The van der Waals surface area contributed by atoms with E-state index in [0.717, 1.165) is 0 Å². The summed E-state index contributed by atoms with van der Waals surface area (Å²) in [6.45, 7) is 8.08. The zero-order chi connectivity index (χ0) is 7.49. The molecule has 0 saturated carbocycles. The Labute approximate surface area is 57.3 Å². The van der Waals surface area contributed by atoms with E-state index in [4.69, 9.17) is 0 Å². The van der Waals surface area contributed by atoms with Crippen molar-refractivity contribution in [2.75, 3.05) is 6.73 Å². The highest BCUT2D eigenvalue weighted by Crippen LogP contribution is 2.13. The summed E-state index contributed by atoms with van der Waals surface area (Å²) in [6, 6.07) is 0. The van der Waals surface area contributed by atoms with Crippen molar-refractivity contribution < 1.29 is 5.11 Å². The maximum Gasteiger partial charge on any atom is 0.133 e. The summed E-state index contributed by atoms with van der Waals surface area (Å²) < 4.78 is 0. The van der Waals surface area contributed by atoms with Crippen LogP contribution >= 0.6 is 0 Å². The molecule has 2 nitrogen and oxygen atoms in total. The van der Waals surface area contributed by atoms with Gasteiger partial charge in [0, 0.05) is 5.54 Å². The van der Waals surface area contributed by atoms with E-state index in [2.05, 4.69) is 19.2 Å². The summed E-state index contributed by atoms with van der Waals surface area (Å²) >= 11 is 0. The third kappa shape index (κ3) is 2.82.